The number of fused-ring (bicyclic) bond motifs is 2. The Morgan fingerprint density at radius 1 is 1.06 bits per heavy atom. The molecule has 4 aromatic rings. The number of aliphatic imine (C=N–C) groups is 1. The lowest BCUT2D eigenvalue weighted by atomic mass is 10.0. The highest BCUT2D eigenvalue weighted by Gasteiger charge is 2.36. The number of nitrogens with zero attached hydrogens (tertiary/aromatic N) is 3. The maximum Gasteiger partial charge on any atom is 0.131 e. The summed E-state index contributed by atoms with van der Waals surface area (Å²) in [7, 11) is 0. The van der Waals surface area contributed by atoms with E-state index < -0.39 is 0 Å². The number of aryl methyl sites for hydroxylation is 1. The molecule has 0 bridgehead atoms. The Kier molecular flexibility index (Phi) is 4.61. The Labute approximate surface area is 195 Å². The molecule has 5 nitrogen and oxygen atoms in total. The van der Waals surface area contributed by atoms with E-state index in [1.165, 1.54) is 11.1 Å². The summed E-state index contributed by atoms with van der Waals surface area (Å²) in [5.74, 6) is 1.76. The Morgan fingerprint density at radius 2 is 1.91 bits per heavy atom. The zero-order valence-electron chi connectivity index (χ0n) is 17.4. The van der Waals surface area contributed by atoms with E-state index in [-0.39, 0.29) is 12.1 Å². The molecule has 0 radical (unpaired) electrons. The number of anilines is 1. The number of halogens is 1. The summed E-state index contributed by atoms with van der Waals surface area (Å²) >= 11 is 3.56. The second kappa shape index (κ2) is 7.64. The van der Waals surface area contributed by atoms with E-state index in [2.05, 4.69) is 103 Å². The van der Waals surface area contributed by atoms with Crippen molar-refractivity contribution in [2.24, 2.45) is 4.99 Å². The average molecular weight is 484 g/mol. The lowest BCUT2D eigenvalue weighted by Crippen LogP contribution is -2.24. The predicted octanol–water partition coefficient (Wildman–Crippen LogP) is 6.03. The van der Waals surface area contributed by atoms with Gasteiger partial charge in [0.25, 0.3) is 0 Å². The summed E-state index contributed by atoms with van der Waals surface area (Å²) in [4.78, 5) is 15.0. The van der Waals surface area contributed by atoms with Crippen molar-refractivity contribution in [1.82, 2.24) is 15.3 Å². The minimum Gasteiger partial charge on any atom is -0.345 e. The predicted molar refractivity (Wildman–Crippen MR) is 133 cm³/mol. The molecule has 1 aliphatic heterocycles. The van der Waals surface area contributed by atoms with Gasteiger partial charge in [-0.2, -0.15) is 0 Å². The smallest absolute Gasteiger partial charge is 0.131 e. The molecule has 32 heavy (non-hydrogen) atoms. The molecule has 2 unspecified atom stereocenters. The van der Waals surface area contributed by atoms with Crippen LogP contribution in [0.4, 0.5) is 5.69 Å². The molecule has 6 heteroatoms. The number of H-pyrrole nitrogens is 1. The molecule has 6 rings (SSSR count). The topological polar surface area (TPSA) is 56.3 Å². The fourth-order valence-corrected chi connectivity index (χ4v) is 5.09. The van der Waals surface area contributed by atoms with E-state index in [9.17, 15) is 0 Å². The van der Waals surface area contributed by atoms with Crippen LogP contribution in [0.25, 0.3) is 11.0 Å². The molecular weight excluding hydrogens is 462 g/mol. The summed E-state index contributed by atoms with van der Waals surface area (Å²) in [5.41, 5.74) is 6.89. The van der Waals surface area contributed by atoms with Crippen LogP contribution in [0.15, 0.2) is 94.9 Å². The van der Waals surface area contributed by atoms with Crippen LogP contribution in [0.1, 0.15) is 35.2 Å². The molecule has 0 amide bonds. The maximum atomic E-state index is 5.25. The monoisotopic (exact) mass is 483 g/mol. The summed E-state index contributed by atoms with van der Waals surface area (Å²) in [6.45, 7) is 4.34. The second-order valence-corrected chi connectivity index (χ2v) is 9.18. The SMILES string of the molecule is C=C1NC(=NC2CCc3ccccc32)C(c2ccc(Br)cc2)N1c1ccc2nc[nH]c2c1. The van der Waals surface area contributed by atoms with Crippen molar-refractivity contribution in [3.8, 4) is 0 Å². The van der Waals surface area contributed by atoms with Crippen LogP contribution in [0.5, 0.6) is 0 Å². The van der Waals surface area contributed by atoms with Crippen LogP contribution < -0.4 is 10.2 Å². The molecule has 2 heterocycles. The first-order valence-corrected chi connectivity index (χ1v) is 11.6. The van der Waals surface area contributed by atoms with Gasteiger partial charge in [0.1, 0.15) is 17.7 Å². The van der Waals surface area contributed by atoms with Gasteiger partial charge in [0.05, 0.1) is 23.4 Å². The van der Waals surface area contributed by atoms with Gasteiger partial charge in [-0.05, 0) is 59.9 Å². The van der Waals surface area contributed by atoms with E-state index >= 15 is 0 Å². The van der Waals surface area contributed by atoms with Gasteiger partial charge in [0.15, 0.2) is 0 Å². The molecular formula is C26H22BrN5. The first-order valence-electron chi connectivity index (χ1n) is 10.8. The summed E-state index contributed by atoms with van der Waals surface area (Å²) in [5, 5.41) is 3.51. The third-order valence-corrected chi connectivity index (χ3v) is 6.87. The van der Waals surface area contributed by atoms with Gasteiger partial charge in [0, 0.05) is 10.2 Å². The highest BCUT2D eigenvalue weighted by molar-refractivity contribution is 9.10. The molecule has 1 saturated heterocycles. The Balaban J connectivity index is 1.46. The van der Waals surface area contributed by atoms with Gasteiger partial charge in [-0.25, -0.2) is 4.98 Å². The number of imidazole rings is 1. The van der Waals surface area contributed by atoms with Gasteiger partial charge in [-0.3, -0.25) is 4.99 Å². The molecule has 3 aromatic carbocycles. The van der Waals surface area contributed by atoms with Gasteiger partial charge in [0.2, 0.25) is 0 Å². The average Bonchev–Trinajstić information content (AvgIpc) is 3.51. The number of hydrogen-bond donors (Lipinski definition) is 2. The van der Waals surface area contributed by atoms with Crippen molar-refractivity contribution >= 4 is 38.5 Å². The molecule has 1 aromatic heterocycles. The molecule has 1 aliphatic carbocycles. The number of aromatic amines is 1. The first kappa shape index (κ1) is 19.3. The van der Waals surface area contributed by atoms with Crippen LogP contribution >= 0.6 is 15.9 Å². The highest BCUT2D eigenvalue weighted by Crippen LogP contribution is 2.39. The molecule has 2 aliphatic rings. The lowest BCUT2D eigenvalue weighted by molar-refractivity contribution is 0.707. The quantitative estimate of drug-likeness (QED) is 0.373. The minimum absolute atomic E-state index is 0.0799. The van der Waals surface area contributed by atoms with Crippen molar-refractivity contribution in [1.29, 1.82) is 0 Å². The number of benzene rings is 3. The highest BCUT2D eigenvalue weighted by atomic mass is 79.9. The second-order valence-electron chi connectivity index (χ2n) is 8.27. The third kappa shape index (κ3) is 3.22. The summed E-state index contributed by atoms with van der Waals surface area (Å²) < 4.78 is 1.06. The fourth-order valence-electron chi connectivity index (χ4n) is 4.82. The van der Waals surface area contributed by atoms with Gasteiger partial charge in [-0.15, -0.1) is 0 Å². The van der Waals surface area contributed by atoms with Crippen LogP contribution in [0, 0.1) is 0 Å². The van der Waals surface area contributed by atoms with Gasteiger partial charge in [-0.1, -0.05) is 58.9 Å². The Morgan fingerprint density at radius 3 is 2.78 bits per heavy atom. The van der Waals surface area contributed by atoms with E-state index in [0.29, 0.717) is 0 Å². The Hall–Kier alpha value is -3.38. The van der Waals surface area contributed by atoms with Crippen LogP contribution in [-0.4, -0.2) is 15.8 Å². The summed E-state index contributed by atoms with van der Waals surface area (Å²) in [6.07, 6.45) is 3.83. The number of rotatable bonds is 3. The van der Waals surface area contributed by atoms with Crippen LogP contribution in [-0.2, 0) is 6.42 Å². The van der Waals surface area contributed by atoms with Crippen LogP contribution in [0.3, 0.4) is 0 Å². The molecule has 158 valence electrons. The number of aromatic nitrogens is 2. The number of hydrogen-bond acceptors (Lipinski definition) is 3. The standard InChI is InChI=1S/C26H22BrN5/c1-16-30-26(31-22-12-8-17-4-2-3-5-21(17)22)25(18-6-9-19(27)10-7-18)32(16)20-11-13-23-24(14-20)29-15-28-23/h2-7,9-11,13-15,22,25H,1,8,12H2,(H,28,29)(H,30,31). The summed E-state index contributed by atoms with van der Waals surface area (Å²) in [6, 6.07) is 23.4. The van der Waals surface area contributed by atoms with Crippen LogP contribution in [0.2, 0.25) is 0 Å². The third-order valence-electron chi connectivity index (χ3n) is 6.34. The molecule has 0 spiro atoms. The molecule has 2 N–H and O–H groups in total. The van der Waals surface area contributed by atoms with Crippen molar-refractivity contribution in [2.75, 3.05) is 4.90 Å². The van der Waals surface area contributed by atoms with E-state index in [1.807, 2.05) is 6.07 Å². The molecule has 2 atom stereocenters. The molecule has 1 fully saturated rings. The van der Waals surface area contributed by atoms with E-state index in [1.54, 1.807) is 6.33 Å². The number of amidine groups is 1. The zero-order chi connectivity index (χ0) is 21.7. The number of nitrogens with one attached hydrogen (secondary N) is 2. The van der Waals surface area contributed by atoms with Crippen molar-refractivity contribution in [2.45, 2.75) is 24.9 Å². The Bertz CT molecular complexity index is 1350. The fraction of sp³-hybridized carbons (Fsp3) is 0.154. The zero-order valence-corrected chi connectivity index (χ0v) is 19.0. The first-order chi connectivity index (χ1) is 15.7. The minimum atomic E-state index is -0.0799. The normalized spacial score (nSPS) is 21.3. The van der Waals surface area contributed by atoms with Crippen molar-refractivity contribution < 1.29 is 0 Å². The van der Waals surface area contributed by atoms with E-state index in [4.69, 9.17) is 4.99 Å². The lowest BCUT2D eigenvalue weighted by Gasteiger charge is -2.26. The van der Waals surface area contributed by atoms with E-state index in [0.717, 1.165) is 51.3 Å². The molecule has 0 saturated carbocycles. The van der Waals surface area contributed by atoms with Crippen molar-refractivity contribution in [3.63, 3.8) is 0 Å². The largest absolute Gasteiger partial charge is 0.345 e. The van der Waals surface area contributed by atoms with Gasteiger partial charge >= 0.3 is 0 Å². The van der Waals surface area contributed by atoms with Crippen molar-refractivity contribution in [3.05, 3.63) is 107 Å². The van der Waals surface area contributed by atoms with Gasteiger partial charge < -0.3 is 15.2 Å². The maximum absolute atomic E-state index is 5.25.